The van der Waals surface area contributed by atoms with E-state index >= 15 is 0 Å². The molecular formula is C14H19ClN8O. The van der Waals surface area contributed by atoms with E-state index in [2.05, 4.69) is 9.98 Å². The summed E-state index contributed by atoms with van der Waals surface area (Å²) in [5.74, 6) is -0.910. The SMILES string of the molecule is NC(=O)C1=C(N)N(C(N)=NCCc2ccc(N)cc2)C(N)C(Cl)=N1. The molecule has 0 radical (unpaired) electrons. The summed E-state index contributed by atoms with van der Waals surface area (Å²) in [5, 5.41) is -0.0605. The second-order valence-electron chi connectivity index (χ2n) is 5.08. The Hall–Kier alpha value is -2.78. The van der Waals surface area contributed by atoms with Gasteiger partial charge in [-0.25, -0.2) is 4.99 Å². The first-order valence-electron chi connectivity index (χ1n) is 7.04. The summed E-state index contributed by atoms with van der Waals surface area (Å²) in [7, 11) is 0. The van der Waals surface area contributed by atoms with E-state index in [1.165, 1.54) is 4.90 Å². The van der Waals surface area contributed by atoms with Gasteiger partial charge in [-0.05, 0) is 24.1 Å². The molecule has 0 aromatic heterocycles. The van der Waals surface area contributed by atoms with E-state index < -0.39 is 12.1 Å². The van der Waals surface area contributed by atoms with Crippen molar-refractivity contribution < 1.29 is 4.79 Å². The minimum atomic E-state index is -0.935. The molecule has 1 unspecified atom stereocenters. The van der Waals surface area contributed by atoms with Crippen LogP contribution in [0, 0.1) is 0 Å². The van der Waals surface area contributed by atoms with E-state index in [4.69, 9.17) is 40.3 Å². The average molecular weight is 351 g/mol. The summed E-state index contributed by atoms with van der Waals surface area (Å²) in [6.45, 7) is 0.382. The summed E-state index contributed by atoms with van der Waals surface area (Å²) in [6.07, 6.45) is -0.298. The maximum Gasteiger partial charge on any atom is 0.271 e. The lowest BCUT2D eigenvalue weighted by atomic mass is 10.1. The Morgan fingerprint density at radius 3 is 2.46 bits per heavy atom. The fraction of sp³-hybridized carbons (Fsp3) is 0.214. The number of benzene rings is 1. The number of nitrogen functional groups attached to an aromatic ring is 1. The molecule has 1 aromatic carbocycles. The molecule has 1 aromatic rings. The number of hydrogen-bond acceptors (Lipinski definition) is 6. The Bertz CT molecular complexity index is 725. The molecule has 0 bridgehead atoms. The fourth-order valence-corrected chi connectivity index (χ4v) is 2.29. The standard InChI is InChI=1S/C14H19ClN8O/c15-10-12(18)23(11(17)9(22-10)13(19)24)14(20)21-6-5-7-1-3-8(16)4-2-7/h1-4,12H,5-6,16-18H2,(H2,19,24)(H2,20,21). The van der Waals surface area contributed by atoms with E-state index in [1.54, 1.807) is 12.1 Å². The zero-order valence-corrected chi connectivity index (χ0v) is 13.6. The van der Waals surface area contributed by atoms with E-state index in [0.29, 0.717) is 18.7 Å². The molecule has 128 valence electrons. The largest absolute Gasteiger partial charge is 0.399 e. The van der Waals surface area contributed by atoms with Crippen LogP contribution in [-0.4, -0.2) is 34.6 Å². The lowest BCUT2D eigenvalue weighted by Gasteiger charge is -2.32. The molecule has 0 spiro atoms. The normalized spacial score (nSPS) is 18.6. The molecule has 2 rings (SSSR count). The smallest absolute Gasteiger partial charge is 0.271 e. The highest BCUT2D eigenvalue weighted by Gasteiger charge is 2.31. The molecule has 1 aliphatic heterocycles. The second-order valence-corrected chi connectivity index (χ2v) is 5.47. The number of primary amides is 1. The van der Waals surface area contributed by atoms with Crippen LogP contribution < -0.4 is 28.7 Å². The van der Waals surface area contributed by atoms with Crippen LogP contribution in [0.15, 0.2) is 45.8 Å². The number of rotatable bonds is 4. The van der Waals surface area contributed by atoms with Crippen molar-refractivity contribution in [3.63, 3.8) is 0 Å². The number of nitrogens with two attached hydrogens (primary N) is 5. The monoisotopic (exact) mass is 350 g/mol. The third-order valence-electron chi connectivity index (χ3n) is 3.38. The molecular weight excluding hydrogens is 332 g/mol. The van der Waals surface area contributed by atoms with Crippen molar-refractivity contribution >= 4 is 34.3 Å². The van der Waals surface area contributed by atoms with Gasteiger partial charge in [0.2, 0.25) is 0 Å². The van der Waals surface area contributed by atoms with Crippen molar-refractivity contribution in [3.05, 3.63) is 41.3 Å². The number of nitrogens with zero attached hydrogens (tertiary/aromatic N) is 3. The number of carbonyl (C=O) groups excluding carboxylic acids is 1. The molecule has 1 amide bonds. The number of aliphatic imine (C=N–C) groups is 2. The van der Waals surface area contributed by atoms with Crippen LogP contribution >= 0.6 is 11.6 Å². The van der Waals surface area contributed by atoms with Crippen LogP contribution in [-0.2, 0) is 11.2 Å². The van der Waals surface area contributed by atoms with Crippen molar-refractivity contribution in [1.82, 2.24) is 4.90 Å². The maximum atomic E-state index is 11.4. The summed E-state index contributed by atoms with van der Waals surface area (Å²) in [6, 6.07) is 7.41. The lowest BCUT2D eigenvalue weighted by molar-refractivity contribution is -0.114. The van der Waals surface area contributed by atoms with Gasteiger partial charge in [-0.2, -0.15) is 0 Å². The summed E-state index contributed by atoms with van der Waals surface area (Å²) in [4.78, 5) is 20.6. The highest BCUT2D eigenvalue weighted by Crippen LogP contribution is 2.18. The van der Waals surface area contributed by atoms with E-state index in [-0.39, 0.29) is 22.6 Å². The van der Waals surface area contributed by atoms with Gasteiger partial charge in [-0.3, -0.25) is 14.7 Å². The first kappa shape index (κ1) is 17.6. The molecule has 1 atom stereocenters. The van der Waals surface area contributed by atoms with Gasteiger partial charge in [-0.15, -0.1) is 0 Å². The molecule has 24 heavy (non-hydrogen) atoms. The minimum Gasteiger partial charge on any atom is -0.399 e. The number of carbonyl (C=O) groups is 1. The van der Waals surface area contributed by atoms with Gasteiger partial charge in [0.05, 0.1) is 0 Å². The van der Waals surface area contributed by atoms with Crippen LogP contribution in [0.3, 0.4) is 0 Å². The van der Waals surface area contributed by atoms with Crippen molar-refractivity contribution in [2.45, 2.75) is 12.6 Å². The minimum absolute atomic E-state index is 0.0160. The Kier molecular flexibility index (Phi) is 5.27. The molecule has 0 saturated carbocycles. The van der Waals surface area contributed by atoms with Crippen molar-refractivity contribution in [2.75, 3.05) is 12.3 Å². The predicted molar refractivity (Wildman–Crippen MR) is 94.6 cm³/mol. The summed E-state index contributed by atoms with van der Waals surface area (Å²) < 4.78 is 0. The zero-order chi connectivity index (χ0) is 17.9. The third-order valence-corrected chi connectivity index (χ3v) is 3.69. The van der Waals surface area contributed by atoms with Crippen LogP contribution in [0.25, 0.3) is 0 Å². The van der Waals surface area contributed by atoms with Gasteiger partial charge in [-0.1, -0.05) is 23.7 Å². The Balaban J connectivity index is 2.14. The molecule has 0 fully saturated rings. The molecule has 1 aliphatic rings. The molecule has 10 heteroatoms. The van der Waals surface area contributed by atoms with Crippen LogP contribution in [0.4, 0.5) is 5.69 Å². The molecule has 9 nitrogen and oxygen atoms in total. The van der Waals surface area contributed by atoms with Gasteiger partial charge in [0.15, 0.2) is 11.7 Å². The average Bonchev–Trinajstić information content (AvgIpc) is 2.52. The molecule has 0 saturated heterocycles. The second kappa shape index (κ2) is 7.20. The van der Waals surface area contributed by atoms with E-state index in [9.17, 15) is 4.79 Å². The van der Waals surface area contributed by atoms with Crippen molar-refractivity contribution in [1.29, 1.82) is 0 Å². The lowest BCUT2D eigenvalue weighted by Crippen LogP contribution is -2.56. The number of hydrogen-bond donors (Lipinski definition) is 5. The number of guanidine groups is 1. The highest BCUT2D eigenvalue weighted by atomic mass is 35.5. The van der Waals surface area contributed by atoms with Crippen molar-refractivity contribution in [2.24, 2.45) is 32.9 Å². The van der Waals surface area contributed by atoms with E-state index in [1.807, 2.05) is 12.1 Å². The summed E-state index contributed by atoms with van der Waals surface area (Å²) >= 11 is 5.92. The van der Waals surface area contributed by atoms with Gasteiger partial charge in [0.1, 0.15) is 17.2 Å². The molecule has 1 heterocycles. The Morgan fingerprint density at radius 1 is 1.25 bits per heavy atom. The third kappa shape index (κ3) is 3.76. The van der Waals surface area contributed by atoms with Crippen molar-refractivity contribution in [3.8, 4) is 0 Å². The van der Waals surface area contributed by atoms with Gasteiger partial charge in [0.25, 0.3) is 5.91 Å². The zero-order valence-electron chi connectivity index (χ0n) is 12.8. The molecule has 10 N–H and O–H groups in total. The number of amides is 1. The van der Waals surface area contributed by atoms with E-state index in [0.717, 1.165) is 5.56 Å². The number of anilines is 1. The summed E-state index contributed by atoms with van der Waals surface area (Å²) in [5.41, 5.74) is 30.1. The number of halogens is 1. The van der Waals surface area contributed by atoms with Crippen LogP contribution in [0.5, 0.6) is 0 Å². The van der Waals surface area contributed by atoms with Gasteiger partial charge >= 0.3 is 0 Å². The van der Waals surface area contributed by atoms with Crippen LogP contribution in [0.2, 0.25) is 0 Å². The quantitative estimate of drug-likeness (QED) is 0.263. The van der Waals surface area contributed by atoms with Crippen LogP contribution in [0.1, 0.15) is 5.56 Å². The first-order valence-corrected chi connectivity index (χ1v) is 7.42. The fourth-order valence-electron chi connectivity index (χ4n) is 2.11. The highest BCUT2D eigenvalue weighted by molar-refractivity contribution is 6.67. The Labute approximate surface area is 143 Å². The predicted octanol–water partition coefficient (Wildman–Crippen LogP) is -1.02. The topological polar surface area (TPSA) is 175 Å². The maximum absolute atomic E-state index is 11.4. The van der Waals surface area contributed by atoms with Gasteiger partial charge in [0, 0.05) is 12.2 Å². The molecule has 0 aliphatic carbocycles. The Morgan fingerprint density at radius 2 is 1.88 bits per heavy atom. The first-order chi connectivity index (χ1) is 11.3. The van der Waals surface area contributed by atoms with Gasteiger partial charge < -0.3 is 28.7 Å².